The second kappa shape index (κ2) is 13.7. The van der Waals surface area contributed by atoms with E-state index in [4.69, 9.17) is 5.73 Å². The lowest BCUT2D eigenvalue weighted by atomic mass is 10.1. The van der Waals surface area contributed by atoms with E-state index in [-0.39, 0.29) is 17.5 Å². The number of hydrogen-bond donors (Lipinski definition) is 1. The molecule has 0 atom stereocenters. The Kier molecular flexibility index (Phi) is 10.6. The van der Waals surface area contributed by atoms with Crippen LogP contribution in [0.25, 0.3) is 12.2 Å². The van der Waals surface area contributed by atoms with Crippen LogP contribution in [0.4, 0.5) is 17.6 Å². The fraction of sp³-hybridized carbons (Fsp3) is 0.250. The van der Waals surface area contributed by atoms with E-state index in [2.05, 4.69) is 19.6 Å². The molecule has 0 aliphatic carbocycles. The summed E-state index contributed by atoms with van der Waals surface area (Å²) in [4.78, 5) is 4.17. The molecule has 2 rings (SSSR count). The van der Waals surface area contributed by atoms with Crippen LogP contribution in [0, 0.1) is 0 Å². The van der Waals surface area contributed by atoms with Crippen LogP contribution in [0.5, 0.6) is 11.5 Å². The number of guanidine groups is 1. The Hall–Kier alpha value is -3.82. The van der Waals surface area contributed by atoms with Gasteiger partial charge in [0.2, 0.25) is 5.96 Å². The molecule has 0 bridgehead atoms. The molecule has 182 valence electrons. The van der Waals surface area contributed by atoms with Gasteiger partial charge in [0.25, 0.3) is 0 Å². The average molecular weight is 478 g/mol. The number of benzene rings is 2. The molecule has 2 aromatic carbocycles. The lowest BCUT2D eigenvalue weighted by Gasteiger charge is -2.16. The van der Waals surface area contributed by atoms with Gasteiger partial charge in [0.1, 0.15) is 11.5 Å². The topological polar surface area (TPSA) is 72.4 Å². The molecule has 0 heterocycles. The first-order chi connectivity index (χ1) is 16.3. The Labute approximate surface area is 195 Å². The summed E-state index contributed by atoms with van der Waals surface area (Å²) < 4.78 is 58.0. The standard InChI is InChI=1S/C24H26F4N4O2/c1-3-30-24(29)32(4-2)31-19(11-5-17-7-13-20(14-8-17)33-22(25)26)12-6-18-9-15-21(16-10-18)34-23(27)28/h5-16,22-23H,3-4H2,1-2H3,(H2,29,30)/b11-5+,12-6+. The monoisotopic (exact) mass is 478 g/mol. The number of allylic oxidation sites excluding steroid dienone is 2. The lowest BCUT2D eigenvalue weighted by molar-refractivity contribution is -0.0505. The molecule has 2 N–H and O–H groups in total. The van der Waals surface area contributed by atoms with Crippen LogP contribution in [-0.4, -0.2) is 43.0 Å². The van der Waals surface area contributed by atoms with E-state index in [9.17, 15) is 17.6 Å². The van der Waals surface area contributed by atoms with Crippen molar-refractivity contribution in [3.63, 3.8) is 0 Å². The van der Waals surface area contributed by atoms with Crippen LogP contribution in [0.2, 0.25) is 0 Å². The minimum atomic E-state index is -2.89. The first kappa shape index (κ1) is 26.4. The summed E-state index contributed by atoms with van der Waals surface area (Å²) >= 11 is 0. The number of halogens is 4. The molecule has 0 spiro atoms. The SMILES string of the molecule is CCN=C(N)N(CC)N=C(/C=C/c1ccc(OC(F)F)cc1)/C=C/c1ccc(OC(F)F)cc1. The Bertz CT molecular complexity index is 939. The van der Waals surface area contributed by atoms with Crippen LogP contribution >= 0.6 is 0 Å². The highest BCUT2D eigenvalue weighted by Crippen LogP contribution is 2.17. The smallest absolute Gasteiger partial charge is 0.387 e. The Balaban J connectivity index is 2.28. The van der Waals surface area contributed by atoms with Crippen LogP contribution < -0.4 is 15.2 Å². The molecule has 2 aromatic rings. The number of nitrogens with two attached hydrogens (primary N) is 1. The summed E-state index contributed by atoms with van der Waals surface area (Å²) in [6, 6.07) is 12.3. The quantitative estimate of drug-likeness (QED) is 0.197. The van der Waals surface area contributed by atoms with Crippen molar-refractivity contribution in [1.82, 2.24) is 5.01 Å². The maximum absolute atomic E-state index is 12.3. The normalized spacial score (nSPS) is 12.1. The average Bonchev–Trinajstić information content (AvgIpc) is 2.80. The van der Waals surface area contributed by atoms with Gasteiger partial charge in [-0.15, -0.1) is 0 Å². The molecule has 0 aliphatic heterocycles. The van der Waals surface area contributed by atoms with Crippen LogP contribution in [0.15, 0.2) is 70.8 Å². The van der Waals surface area contributed by atoms with Gasteiger partial charge < -0.3 is 15.2 Å². The highest BCUT2D eigenvalue weighted by molar-refractivity contribution is 6.09. The van der Waals surface area contributed by atoms with Crippen molar-refractivity contribution in [2.24, 2.45) is 15.8 Å². The third kappa shape index (κ3) is 9.35. The van der Waals surface area contributed by atoms with Crippen LogP contribution in [0.3, 0.4) is 0 Å². The van der Waals surface area contributed by atoms with Gasteiger partial charge in [0.15, 0.2) is 0 Å². The molecule has 0 radical (unpaired) electrons. The van der Waals surface area contributed by atoms with Gasteiger partial charge in [-0.1, -0.05) is 36.4 Å². The molecule has 0 fully saturated rings. The van der Waals surface area contributed by atoms with Gasteiger partial charge in [-0.2, -0.15) is 22.7 Å². The van der Waals surface area contributed by atoms with Gasteiger partial charge in [-0.3, -0.25) is 4.99 Å². The summed E-state index contributed by atoms with van der Waals surface area (Å²) in [5, 5.41) is 6.06. The van der Waals surface area contributed by atoms with Crippen LogP contribution in [0.1, 0.15) is 25.0 Å². The van der Waals surface area contributed by atoms with Crippen molar-refractivity contribution in [2.75, 3.05) is 13.1 Å². The van der Waals surface area contributed by atoms with Gasteiger partial charge in [0, 0.05) is 13.1 Å². The first-order valence-electron chi connectivity index (χ1n) is 10.4. The van der Waals surface area contributed by atoms with Gasteiger partial charge >= 0.3 is 13.2 Å². The van der Waals surface area contributed by atoms with Crippen molar-refractivity contribution < 1.29 is 27.0 Å². The summed E-state index contributed by atoms with van der Waals surface area (Å²) in [6.07, 6.45) is 6.93. The second-order valence-corrected chi connectivity index (χ2v) is 6.63. The fourth-order valence-electron chi connectivity index (χ4n) is 2.67. The zero-order valence-electron chi connectivity index (χ0n) is 18.7. The molecule has 0 aliphatic rings. The number of aliphatic imine (C=N–C) groups is 1. The highest BCUT2D eigenvalue weighted by Gasteiger charge is 2.06. The number of rotatable bonds is 11. The maximum atomic E-state index is 12.3. The third-order valence-corrected chi connectivity index (χ3v) is 4.22. The van der Waals surface area contributed by atoms with Crippen molar-refractivity contribution in [2.45, 2.75) is 27.1 Å². The second-order valence-electron chi connectivity index (χ2n) is 6.63. The minimum absolute atomic E-state index is 0.0564. The van der Waals surface area contributed by atoms with E-state index in [1.54, 1.807) is 48.6 Å². The van der Waals surface area contributed by atoms with E-state index in [0.717, 1.165) is 11.1 Å². The molecular formula is C24H26F4N4O2. The lowest BCUT2D eigenvalue weighted by Crippen LogP contribution is -2.33. The zero-order valence-corrected chi connectivity index (χ0v) is 18.7. The van der Waals surface area contributed by atoms with E-state index in [1.807, 2.05) is 13.8 Å². The van der Waals surface area contributed by atoms with Crippen molar-refractivity contribution in [1.29, 1.82) is 0 Å². The Morgan fingerprint density at radius 3 is 1.65 bits per heavy atom. The number of nitrogens with zero attached hydrogens (tertiary/aromatic N) is 3. The van der Waals surface area contributed by atoms with Gasteiger partial charge in [-0.05, 0) is 61.4 Å². The van der Waals surface area contributed by atoms with Crippen molar-refractivity contribution >= 4 is 23.8 Å². The molecule has 0 aromatic heterocycles. The number of ether oxygens (including phenoxy) is 2. The molecule has 0 unspecified atom stereocenters. The first-order valence-corrected chi connectivity index (χ1v) is 10.4. The fourth-order valence-corrected chi connectivity index (χ4v) is 2.67. The van der Waals surface area contributed by atoms with E-state index >= 15 is 0 Å². The van der Waals surface area contributed by atoms with E-state index in [1.165, 1.54) is 29.3 Å². The number of hydrazone groups is 1. The molecule has 0 saturated heterocycles. The minimum Gasteiger partial charge on any atom is -0.435 e. The van der Waals surface area contributed by atoms with Gasteiger partial charge in [-0.25, -0.2) is 5.01 Å². The van der Waals surface area contributed by atoms with Crippen LogP contribution in [-0.2, 0) is 0 Å². The number of alkyl halides is 4. The molecule has 6 nitrogen and oxygen atoms in total. The summed E-state index contributed by atoms with van der Waals surface area (Å²) in [6.45, 7) is -1.09. The highest BCUT2D eigenvalue weighted by atomic mass is 19.3. The van der Waals surface area contributed by atoms with Crippen molar-refractivity contribution in [3.8, 4) is 11.5 Å². The zero-order chi connectivity index (χ0) is 24.9. The third-order valence-electron chi connectivity index (χ3n) is 4.22. The maximum Gasteiger partial charge on any atom is 0.387 e. The summed E-state index contributed by atoms with van der Waals surface area (Å²) in [5.41, 5.74) is 7.96. The molecular weight excluding hydrogens is 452 g/mol. The number of hydrogen-bond acceptors (Lipinski definition) is 4. The largest absolute Gasteiger partial charge is 0.435 e. The predicted octanol–water partition coefficient (Wildman–Crippen LogP) is 5.63. The summed E-state index contributed by atoms with van der Waals surface area (Å²) in [5.74, 6) is 0.369. The van der Waals surface area contributed by atoms with Crippen molar-refractivity contribution in [3.05, 3.63) is 71.8 Å². The van der Waals surface area contributed by atoms with E-state index in [0.29, 0.717) is 18.8 Å². The summed E-state index contributed by atoms with van der Waals surface area (Å²) in [7, 11) is 0. The van der Waals surface area contributed by atoms with Gasteiger partial charge in [0.05, 0.1) is 5.71 Å². The Morgan fingerprint density at radius 2 is 1.29 bits per heavy atom. The molecule has 10 heteroatoms. The predicted molar refractivity (Wildman–Crippen MR) is 126 cm³/mol. The molecule has 0 amide bonds. The molecule has 34 heavy (non-hydrogen) atoms. The van der Waals surface area contributed by atoms with E-state index < -0.39 is 13.2 Å². The molecule has 0 saturated carbocycles. The Morgan fingerprint density at radius 1 is 0.853 bits per heavy atom.